The van der Waals surface area contributed by atoms with Crippen molar-refractivity contribution in [1.29, 1.82) is 0 Å². The molecule has 0 fully saturated rings. The number of alkyl halides is 1. The van der Waals surface area contributed by atoms with Gasteiger partial charge in [-0.1, -0.05) is 40.2 Å². The second-order valence-corrected chi connectivity index (χ2v) is 6.23. The molecule has 1 unspecified atom stereocenters. The molecule has 0 aliphatic rings. The van der Waals surface area contributed by atoms with Gasteiger partial charge in [0.15, 0.2) is 0 Å². The highest BCUT2D eigenvalue weighted by molar-refractivity contribution is 9.09. The molecular formula is C16H12BrFOS. The Kier molecular flexibility index (Phi) is 3.76. The van der Waals surface area contributed by atoms with Gasteiger partial charge in [-0.05, 0) is 34.5 Å². The van der Waals surface area contributed by atoms with Gasteiger partial charge in [-0.15, -0.1) is 11.3 Å². The third-order valence-electron chi connectivity index (χ3n) is 3.27. The Morgan fingerprint density at radius 1 is 1.15 bits per heavy atom. The molecule has 1 aromatic heterocycles. The fourth-order valence-corrected chi connectivity index (χ4v) is 4.28. The van der Waals surface area contributed by atoms with Crippen LogP contribution < -0.4 is 4.74 Å². The van der Waals surface area contributed by atoms with Crippen LogP contribution in [0.2, 0.25) is 0 Å². The predicted molar refractivity (Wildman–Crippen MR) is 85.5 cm³/mol. The van der Waals surface area contributed by atoms with Gasteiger partial charge in [0.25, 0.3) is 0 Å². The maximum Gasteiger partial charge on any atom is 0.131 e. The van der Waals surface area contributed by atoms with Gasteiger partial charge < -0.3 is 4.74 Å². The highest BCUT2D eigenvalue weighted by Crippen LogP contribution is 2.42. The number of rotatable bonds is 3. The standard InChI is InChI=1S/C16H12BrFOS/c1-19-13-7-4-6-12(18)15(13)16(17)11-9-20-14-8-3-2-5-10(11)14/h2-9,16H,1H3. The lowest BCUT2D eigenvalue weighted by molar-refractivity contribution is 0.405. The zero-order valence-corrected chi connectivity index (χ0v) is 13.2. The van der Waals surface area contributed by atoms with Crippen LogP contribution in [0.5, 0.6) is 5.75 Å². The molecule has 0 saturated heterocycles. The van der Waals surface area contributed by atoms with Crippen LogP contribution >= 0.6 is 27.3 Å². The molecular weight excluding hydrogens is 339 g/mol. The normalized spacial score (nSPS) is 12.6. The van der Waals surface area contributed by atoms with Gasteiger partial charge in [0, 0.05) is 10.3 Å². The minimum absolute atomic E-state index is 0.227. The molecule has 0 spiro atoms. The summed E-state index contributed by atoms with van der Waals surface area (Å²) in [5, 5.41) is 3.21. The van der Waals surface area contributed by atoms with Crippen molar-refractivity contribution >= 4 is 37.4 Å². The largest absolute Gasteiger partial charge is 0.496 e. The van der Waals surface area contributed by atoms with Crippen LogP contribution in [0.25, 0.3) is 10.1 Å². The van der Waals surface area contributed by atoms with Gasteiger partial charge in [-0.2, -0.15) is 0 Å². The van der Waals surface area contributed by atoms with Gasteiger partial charge in [0.1, 0.15) is 11.6 Å². The van der Waals surface area contributed by atoms with Crippen LogP contribution in [0.15, 0.2) is 47.8 Å². The van der Waals surface area contributed by atoms with E-state index in [1.165, 1.54) is 10.8 Å². The molecule has 0 N–H and O–H groups in total. The SMILES string of the molecule is COc1cccc(F)c1C(Br)c1csc2ccccc12. The summed E-state index contributed by atoms with van der Waals surface area (Å²) in [6.45, 7) is 0. The van der Waals surface area contributed by atoms with Crippen molar-refractivity contribution in [2.45, 2.75) is 4.83 Å². The second kappa shape index (κ2) is 5.54. The molecule has 0 amide bonds. The molecule has 0 radical (unpaired) electrons. The fourth-order valence-electron chi connectivity index (χ4n) is 2.29. The lowest BCUT2D eigenvalue weighted by Gasteiger charge is -2.15. The molecule has 0 saturated carbocycles. The number of benzene rings is 2. The fraction of sp³-hybridized carbons (Fsp3) is 0.125. The molecule has 102 valence electrons. The summed E-state index contributed by atoms with van der Waals surface area (Å²) in [5.74, 6) is 0.295. The van der Waals surface area contributed by atoms with Crippen LogP contribution in [0.4, 0.5) is 4.39 Å². The smallest absolute Gasteiger partial charge is 0.131 e. The van der Waals surface area contributed by atoms with Crippen molar-refractivity contribution in [2.75, 3.05) is 7.11 Å². The van der Waals surface area contributed by atoms with Crippen LogP contribution in [-0.4, -0.2) is 7.11 Å². The zero-order chi connectivity index (χ0) is 14.1. The maximum absolute atomic E-state index is 14.2. The topological polar surface area (TPSA) is 9.23 Å². The Morgan fingerprint density at radius 2 is 1.95 bits per heavy atom. The monoisotopic (exact) mass is 350 g/mol. The summed E-state index contributed by atoms with van der Waals surface area (Å²) >= 11 is 5.29. The van der Waals surface area contributed by atoms with E-state index in [4.69, 9.17) is 4.74 Å². The van der Waals surface area contributed by atoms with E-state index in [-0.39, 0.29) is 10.6 Å². The van der Waals surface area contributed by atoms with Crippen molar-refractivity contribution in [3.63, 3.8) is 0 Å². The molecule has 0 aliphatic heterocycles. The molecule has 20 heavy (non-hydrogen) atoms. The Bertz CT molecular complexity index is 753. The van der Waals surface area contributed by atoms with Crippen LogP contribution in [0, 0.1) is 5.82 Å². The molecule has 4 heteroatoms. The molecule has 1 heterocycles. The summed E-state index contributed by atoms with van der Waals surface area (Å²) in [6, 6.07) is 13.0. The minimum Gasteiger partial charge on any atom is -0.496 e. The lowest BCUT2D eigenvalue weighted by Crippen LogP contribution is -2.00. The Balaban J connectivity index is 2.16. The molecule has 1 nitrogen and oxygen atoms in total. The lowest BCUT2D eigenvalue weighted by atomic mass is 10.0. The summed E-state index contributed by atoms with van der Waals surface area (Å²) in [5.41, 5.74) is 1.60. The van der Waals surface area contributed by atoms with Crippen molar-refractivity contribution in [3.05, 3.63) is 64.8 Å². The van der Waals surface area contributed by atoms with Crippen LogP contribution in [0.1, 0.15) is 16.0 Å². The molecule has 0 aliphatic carbocycles. The van der Waals surface area contributed by atoms with Gasteiger partial charge in [0.05, 0.1) is 11.9 Å². The second-order valence-electron chi connectivity index (χ2n) is 4.41. The summed E-state index contributed by atoms with van der Waals surface area (Å²) < 4.78 is 20.7. The number of methoxy groups -OCH3 is 1. The van der Waals surface area contributed by atoms with E-state index in [0.717, 1.165) is 10.9 Å². The van der Waals surface area contributed by atoms with Crippen LogP contribution in [0.3, 0.4) is 0 Å². The van der Waals surface area contributed by atoms with Gasteiger partial charge in [-0.25, -0.2) is 4.39 Å². The first-order valence-corrected chi connectivity index (χ1v) is 7.94. The zero-order valence-electron chi connectivity index (χ0n) is 10.8. The first-order chi connectivity index (χ1) is 9.72. The van der Waals surface area contributed by atoms with E-state index in [0.29, 0.717) is 11.3 Å². The van der Waals surface area contributed by atoms with E-state index in [1.54, 1.807) is 30.6 Å². The Hall–Kier alpha value is -1.39. The number of thiophene rings is 1. The number of fused-ring (bicyclic) bond motifs is 1. The predicted octanol–water partition coefficient (Wildman–Crippen LogP) is 5.53. The first kappa shape index (κ1) is 13.6. The molecule has 3 rings (SSSR count). The highest BCUT2D eigenvalue weighted by Gasteiger charge is 2.22. The quantitative estimate of drug-likeness (QED) is 0.564. The average molecular weight is 351 g/mol. The van der Waals surface area contributed by atoms with Gasteiger partial charge >= 0.3 is 0 Å². The Labute approximate surface area is 129 Å². The van der Waals surface area contributed by atoms with Gasteiger partial charge in [-0.3, -0.25) is 0 Å². The number of halogens is 2. The third-order valence-corrected chi connectivity index (χ3v) is 5.20. The number of hydrogen-bond acceptors (Lipinski definition) is 2. The van der Waals surface area contributed by atoms with Crippen molar-refractivity contribution < 1.29 is 9.13 Å². The average Bonchev–Trinajstić information content (AvgIpc) is 2.90. The highest BCUT2D eigenvalue weighted by atomic mass is 79.9. The number of hydrogen-bond donors (Lipinski definition) is 0. The maximum atomic E-state index is 14.2. The molecule has 3 aromatic rings. The van der Waals surface area contributed by atoms with Crippen molar-refractivity contribution in [1.82, 2.24) is 0 Å². The third kappa shape index (κ3) is 2.23. The Morgan fingerprint density at radius 3 is 2.75 bits per heavy atom. The summed E-state index contributed by atoms with van der Waals surface area (Å²) in [7, 11) is 1.56. The summed E-state index contributed by atoms with van der Waals surface area (Å²) in [6.07, 6.45) is 0. The summed E-state index contributed by atoms with van der Waals surface area (Å²) in [4.78, 5) is -0.227. The van der Waals surface area contributed by atoms with Crippen LogP contribution in [-0.2, 0) is 0 Å². The van der Waals surface area contributed by atoms with E-state index in [1.807, 2.05) is 12.1 Å². The van der Waals surface area contributed by atoms with E-state index >= 15 is 0 Å². The van der Waals surface area contributed by atoms with E-state index < -0.39 is 0 Å². The van der Waals surface area contributed by atoms with E-state index in [2.05, 4.69) is 33.4 Å². The molecule has 1 atom stereocenters. The number of ether oxygens (including phenoxy) is 1. The molecule has 2 aromatic carbocycles. The van der Waals surface area contributed by atoms with Gasteiger partial charge in [0.2, 0.25) is 0 Å². The van der Waals surface area contributed by atoms with E-state index in [9.17, 15) is 4.39 Å². The minimum atomic E-state index is -0.262. The van der Waals surface area contributed by atoms with Crippen molar-refractivity contribution in [2.24, 2.45) is 0 Å². The van der Waals surface area contributed by atoms with Crippen molar-refractivity contribution in [3.8, 4) is 5.75 Å². The first-order valence-electron chi connectivity index (χ1n) is 6.15. The molecule has 0 bridgehead atoms.